The summed E-state index contributed by atoms with van der Waals surface area (Å²) in [6, 6.07) is 9.88. The molecule has 2 N–H and O–H groups in total. The molecule has 3 aliphatic heterocycles. The van der Waals surface area contributed by atoms with Crippen LogP contribution in [0.25, 0.3) is 0 Å². The molecule has 0 radical (unpaired) electrons. The molecule has 3 heterocycles. The Morgan fingerprint density at radius 2 is 2.04 bits per heavy atom. The number of benzene rings is 1. The first-order chi connectivity index (χ1) is 11.8. The van der Waals surface area contributed by atoms with Gasteiger partial charge in [0.2, 0.25) is 0 Å². The van der Waals surface area contributed by atoms with Crippen LogP contribution in [0.2, 0.25) is 0 Å². The molecular weight excluding hydrogens is 310 g/mol. The smallest absolute Gasteiger partial charge is 0.185 e. The van der Waals surface area contributed by atoms with Crippen LogP contribution in [0.5, 0.6) is 0 Å². The number of hydrogen-bond donors (Lipinski definition) is 2. The number of aliphatic hydroxyl groups excluding tert-OH is 1. The van der Waals surface area contributed by atoms with Gasteiger partial charge in [-0.25, -0.2) is 0 Å². The lowest BCUT2D eigenvalue weighted by Gasteiger charge is -2.41. The van der Waals surface area contributed by atoms with Crippen LogP contribution in [0.15, 0.2) is 30.3 Å². The Hall–Kier alpha value is -1.02. The Bertz CT molecular complexity index is 521. The first kappa shape index (κ1) is 16.4. The van der Waals surface area contributed by atoms with E-state index in [0.29, 0.717) is 13.2 Å². The van der Waals surface area contributed by atoms with Crippen molar-refractivity contribution in [2.45, 2.75) is 62.7 Å². The fourth-order valence-electron chi connectivity index (χ4n) is 3.62. The average molecular weight is 335 g/mol. The molecule has 3 saturated heterocycles. The molecule has 3 fully saturated rings. The van der Waals surface area contributed by atoms with E-state index in [1.807, 2.05) is 18.2 Å². The molecule has 132 valence electrons. The number of hydrogen-bond acceptors (Lipinski definition) is 6. The molecule has 0 aromatic heterocycles. The minimum atomic E-state index is -0.763. The van der Waals surface area contributed by atoms with Crippen molar-refractivity contribution in [3.05, 3.63) is 35.9 Å². The van der Waals surface area contributed by atoms with E-state index in [4.69, 9.17) is 18.9 Å². The third kappa shape index (κ3) is 3.49. The van der Waals surface area contributed by atoms with Gasteiger partial charge in [-0.1, -0.05) is 30.3 Å². The summed E-state index contributed by atoms with van der Waals surface area (Å²) in [4.78, 5) is 0. The normalized spacial score (nSPS) is 39.0. The maximum atomic E-state index is 10.6. The highest BCUT2D eigenvalue weighted by Gasteiger charge is 2.51. The van der Waals surface area contributed by atoms with E-state index < -0.39 is 12.4 Å². The van der Waals surface area contributed by atoms with Crippen molar-refractivity contribution >= 4 is 0 Å². The highest BCUT2D eigenvalue weighted by atomic mass is 16.8. The Kier molecular flexibility index (Phi) is 5.12. The van der Waals surface area contributed by atoms with Gasteiger partial charge in [-0.05, 0) is 24.8 Å². The Morgan fingerprint density at radius 3 is 2.83 bits per heavy atom. The summed E-state index contributed by atoms with van der Waals surface area (Å²) in [6.45, 7) is 1.84. The highest BCUT2D eigenvalue weighted by molar-refractivity contribution is 5.15. The third-order valence-corrected chi connectivity index (χ3v) is 4.93. The maximum absolute atomic E-state index is 10.6. The number of fused-ring (bicyclic) bond motifs is 2. The van der Waals surface area contributed by atoms with Crippen molar-refractivity contribution in [2.75, 3.05) is 13.2 Å². The molecule has 24 heavy (non-hydrogen) atoms. The maximum Gasteiger partial charge on any atom is 0.185 e. The summed E-state index contributed by atoms with van der Waals surface area (Å²) >= 11 is 0. The Morgan fingerprint density at radius 1 is 1.17 bits per heavy atom. The summed E-state index contributed by atoms with van der Waals surface area (Å²) in [5.41, 5.74) is 1.16. The molecule has 0 aliphatic carbocycles. The summed E-state index contributed by atoms with van der Waals surface area (Å²) in [7, 11) is 0. The van der Waals surface area contributed by atoms with E-state index in [1.54, 1.807) is 0 Å². The monoisotopic (exact) mass is 335 g/mol. The molecule has 1 aromatic rings. The van der Waals surface area contributed by atoms with Gasteiger partial charge in [-0.3, -0.25) is 0 Å². The fraction of sp³-hybridized carbons (Fsp3) is 0.667. The van der Waals surface area contributed by atoms with E-state index in [-0.39, 0.29) is 24.5 Å². The predicted octanol–water partition coefficient (Wildman–Crippen LogP) is 1.17. The lowest BCUT2D eigenvalue weighted by Crippen LogP contribution is -2.61. The summed E-state index contributed by atoms with van der Waals surface area (Å²) in [6.07, 6.45) is 1.05. The Labute approximate surface area is 142 Å². The van der Waals surface area contributed by atoms with Crippen LogP contribution in [0.1, 0.15) is 24.8 Å². The number of ether oxygens (including phenoxy) is 4. The SMILES string of the molecule is O[C@H]1[C@@H]2OC[C@@H](O2)[C@H](OC2CCCCO2)[C@H]1NCc1ccccc1. The van der Waals surface area contributed by atoms with Gasteiger partial charge >= 0.3 is 0 Å². The second-order valence-electron chi connectivity index (χ2n) is 6.66. The summed E-state index contributed by atoms with van der Waals surface area (Å²) < 4.78 is 23.2. The standard InChI is InChI=1S/C18H25NO5/c20-16-15(19-10-12-6-2-1-3-7-12)17(13-11-22-18(16)23-13)24-14-8-4-5-9-21-14/h1-3,6-7,13-20H,4-5,8-11H2/t13-,14?,15+,16-,17+,18-/m1/s1. The molecular formula is C18H25NO5. The average Bonchev–Trinajstić information content (AvgIpc) is 3.08. The van der Waals surface area contributed by atoms with Gasteiger partial charge in [0.05, 0.1) is 12.6 Å². The van der Waals surface area contributed by atoms with Crippen LogP contribution in [-0.2, 0) is 25.5 Å². The second kappa shape index (κ2) is 7.47. The second-order valence-corrected chi connectivity index (χ2v) is 6.66. The van der Waals surface area contributed by atoms with Crippen molar-refractivity contribution in [1.82, 2.24) is 5.32 Å². The van der Waals surface area contributed by atoms with Crippen LogP contribution in [-0.4, -0.2) is 55.3 Å². The van der Waals surface area contributed by atoms with Crippen molar-refractivity contribution in [1.29, 1.82) is 0 Å². The van der Waals surface area contributed by atoms with Gasteiger partial charge < -0.3 is 29.4 Å². The molecule has 2 bridgehead atoms. The molecule has 4 rings (SSSR count). The van der Waals surface area contributed by atoms with E-state index in [0.717, 1.165) is 31.4 Å². The van der Waals surface area contributed by atoms with Crippen molar-refractivity contribution < 1.29 is 24.1 Å². The van der Waals surface area contributed by atoms with E-state index in [2.05, 4.69) is 17.4 Å². The largest absolute Gasteiger partial charge is 0.386 e. The van der Waals surface area contributed by atoms with Crippen LogP contribution in [0, 0.1) is 0 Å². The van der Waals surface area contributed by atoms with Crippen LogP contribution >= 0.6 is 0 Å². The first-order valence-corrected chi connectivity index (χ1v) is 8.81. The zero-order valence-electron chi connectivity index (χ0n) is 13.7. The van der Waals surface area contributed by atoms with Gasteiger partial charge in [0.25, 0.3) is 0 Å². The summed E-state index contributed by atoms with van der Waals surface area (Å²) in [5, 5.41) is 14.0. The quantitative estimate of drug-likeness (QED) is 0.842. The van der Waals surface area contributed by atoms with Gasteiger partial charge in [0.15, 0.2) is 12.6 Å². The van der Waals surface area contributed by atoms with Gasteiger partial charge in [0.1, 0.15) is 18.3 Å². The molecule has 0 saturated carbocycles. The molecule has 0 amide bonds. The molecule has 3 aliphatic rings. The van der Waals surface area contributed by atoms with Gasteiger partial charge in [-0.2, -0.15) is 0 Å². The zero-order chi connectivity index (χ0) is 16.4. The third-order valence-electron chi connectivity index (χ3n) is 4.93. The van der Waals surface area contributed by atoms with Crippen LogP contribution in [0.4, 0.5) is 0 Å². The number of aliphatic hydroxyl groups is 1. The van der Waals surface area contributed by atoms with E-state index >= 15 is 0 Å². The molecule has 0 spiro atoms. The first-order valence-electron chi connectivity index (χ1n) is 8.81. The molecule has 1 unspecified atom stereocenters. The molecule has 6 nitrogen and oxygen atoms in total. The minimum Gasteiger partial charge on any atom is -0.386 e. The van der Waals surface area contributed by atoms with Crippen molar-refractivity contribution in [3.8, 4) is 0 Å². The molecule has 6 atom stereocenters. The molecule has 1 aromatic carbocycles. The lowest BCUT2D eigenvalue weighted by molar-refractivity contribution is -0.255. The van der Waals surface area contributed by atoms with Gasteiger partial charge in [0, 0.05) is 13.2 Å². The topological polar surface area (TPSA) is 69.2 Å². The van der Waals surface area contributed by atoms with Crippen molar-refractivity contribution in [3.63, 3.8) is 0 Å². The van der Waals surface area contributed by atoms with E-state index in [9.17, 15) is 5.11 Å². The summed E-state index contributed by atoms with van der Waals surface area (Å²) in [5.74, 6) is 0. The zero-order valence-corrected chi connectivity index (χ0v) is 13.7. The highest BCUT2D eigenvalue weighted by Crippen LogP contribution is 2.32. The Balaban J connectivity index is 1.45. The fourth-order valence-corrected chi connectivity index (χ4v) is 3.62. The minimum absolute atomic E-state index is 0.169. The van der Waals surface area contributed by atoms with Gasteiger partial charge in [-0.15, -0.1) is 0 Å². The van der Waals surface area contributed by atoms with Crippen LogP contribution in [0.3, 0.4) is 0 Å². The van der Waals surface area contributed by atoms with Crippen molar-refractivity contribution in [2.24, 2.45) is 0 Å². The lowest BCUT2D eigenvalue weighted by atomic mass is 9.97. The predicted molar refractivity (Wildman–Crippen MR) is 86.2 cm³/mol. The van der Waals surface area contributed by atoms with Crippen LogP contribution < -0.4 is 5.32 Å². The number of rotatable bonds is 5. The molecule has 6 heteroatoms. The number of nitrogens with one attached hydrogen (secondary N) is 1. The van der Waals surface area contributed by atoms with E-state index in [1.165, 1.54) is 0 Å².